The summed E-state index contributed by atoms with van der Waals surface area (Å²) < 4.78 is 0. The summed E-state index contributed by atoms with van der Waals surface area (Å²) in [6.45, 7) is -0.169. The van der Waals surface area contributed by atoms with Gasteiger partial charge in [-0.3, -0.25) is 0 Å². The lowest BCUT2D eigenvalue weighted by atomic mass is 10.00. The molecular weight excluding hydrogens is 244 g/mol. The van der Waals surface area contributed by atoms with Crippen LogP contribution < -0.4 is 5.73 Å². The van der Waals surface area contributed by atoms with Crippen LogP contribution in [-0.2, 0) is 0 Å². The van der Waals surface area contributed by atoms with E-state index in [0.717, 1.165) is 10.8 Å². The third-order valence-corrected chi connectivity index (χ3v) is 2.93. The molecular formula is C13H14N4O2. The largest absolute Gasteiger partial charge is 0.399 e. The van der Waals surface area contributed by atoms with Crippen molar-refractivity contribution >= 4 is 16.5 Å². The molecule has 0 spiro atoms. The fourth-order valence-corrected chi connectivity index (χ4v) is 1.91. The molecule has 2 rings (SSSR count). The maximum atomic E-state index is 9.97. The molecule has 0 saturated heterocycles. The predicted octanol–water partition coefficient (Wildman–Crippen LogP) is 2.13. The van der Waals surface area contributed by atoms with Crippen molar-refractivity contribution in [1.29, 1.82) is 0 Å². The molecule has 0 aliphatic heterocycles. The second-order valence-electron chi connectivity index (χ2n) is 4.29. The average Bonchev–Trinajstić information content (AvgIpc) is 2.43. The average molecular weight is 258 g/mol. The number of rotatable bonds is 4. The lowest BCUT2D eigenvalue weighted by Crippen LogP contribution is -2.21. The maximum Gasteiger partial charge on any atom is 0.105 e. The molecule has 0 amide bonds. The van der Waals surface area contributed by atoms with Gasteiger partial charge in [-0.15, -0.1) is 0 Å². The van der Waals surface area contributed by atoms with E-state index >= 15 is 0 Å². The van der Waals surface area contributed by atoms with E-state index in [2.05, 4.69) is 10.0 Å². The quantitative estimate of drug-likeness (QED) is 0.337. The Kier molecular flexibility index (Phi) is 3.87. The zero-order valence-electron chi connectivity index (χ0n) is 10.1. The SMILES string of the molecule is [N-]=[N+]=NCC(O)C(O)c1ccc2cc(N)ccc2c1. The van der Waals surface area contributed by atoms with Crippen molar-refractivity contribution < 1.29 is 10.2 Å². The number of azide groups is 1. The first-order valence-corrected chi connectivity index (χ1v) is 5.78. The summed E-state index contributed by atoms with van der Waals surface area (Å²) in [5, 5.41) is 24.8. The van der Waals surface area contributed by atoms with E-state index in [9.17, 15) is 10.2 Å². The molecule has 0 fully saturated rings. The fourth-order valence-electron chi connectivity index (χ4n) is 1.91. The standard InChI is InChI=1S/C13H14N4O2/c14-11-4-3-8-5-10(2-1-9(8)6-11)13(19)12(18)7-16-17-15/h1-6,12-13,18-19H,7,14H2. The molecule has 2 atom stereocenters. The summed E-state index contributed by atoms with van der Waals surface area (Å²) in [5.74, 6) is 0. The minimum atomic E-state index is -1.12. The van der Waals surface area contributed by atoms with Crippen LogP contribution in [0.4, 0.5) is 5.69 Å². The van der Waals surface area contributed by atoms with Crippen molar-refractivity contribution in [2.45, 2.75) is 12.2 Å². The van der Waals surface area contributed by atoms with Gasteiger partial charge in [0.2, 0.25) is 0 Å². The van der Waals surface area contributed by atoms with Crippen molar-refractivity contribution in [1.82, 2.24) is 0 Å². The van der Waals surface area contributed by atoms with Crippen LogP contribution in [-0.4, -0.2) is 22.9 Å². The first-order chi connectivity index (χ1) is 9.11. The highest BCUT2D eigenvalue weighted by Gasteiger charge is 2.17. The second kappa shape index (κ2) is 5.58. The van der Waals surface area contributed by atoms with Crippen LogP contribution in [0.5, 0.6) is 0 Å². The number of hydrogen-bond donors (Lipinski definition) is 3. The molecule has 2 unspecified atom stereocenters. The Morgan fingerprint density at radius 1 is 1.16 bits per heavy atom. The van der Waals surface area contributed by atoms with Crippen molar-refractivity contribution in [2.75, 3.05) is 12.3 Å². The lowest BCUT2D eigenvalue weighted by molar-refractivity contribution is 0.0245. The van der Waals surface area contributed by atoms with Gasteiger partial charge in [-0.2, -0.15) is 0 Å². The zero-order valence-corrected chi connectivity index (χ0v) is 10.1. The van der Waals surface area contributed by atoms with E-state index in [1.807, 2.05) is 18.2 Å². The highest BCUT2D eigenvalue weighted by Crippen LogP contribution is 2.24. The molecule has 98 valence electrons. The van der Waals surface area contributed by atoms with E-state index in [1.165, 1.54) is 0 Å². The Labute approximate surface area is 109 Å². The number of fused-ring (bicyclic) bond motifs is 1. The first-order valence-electron chi connectivity index (χ1n) is 5.78. The number of nitrogen functional groups attached to an aromatic ring is 1. The van der Waals surface area contributed by atoms with E-state index < -0.39 is 12.2 Å². The van der Waals surface area contributed by atoms with Crippen molar-refractivity contribution in [3.8, 4) is 0 Å². The second-order valence-corrected chi connectivity index (χ2v) is 4.29. The van der Waals surface area contributed by atoms with Crippen molar-refractivity contribution in [2.24, 2.45) is 5.11 Å². The lowest BCUT2D eigenvalue weighted by Gasteiger charge is -2.16. The maximum absolute atomic E-state index is 9.97. The zero-order chi connectivity index (χ0) is 13.8. The van der Waals surface area contributed by atoms with Gasteiger partial charge in [-0.25, -0.2) is 0 Å². The van der Waals surface area contributed by atoms with Crippen molar-refractivity contribution in [3.63, 3.8) is 0 Å². The predicted molar refractivity (Wildman–Crippen MR) is 73.3 cm³/mol. The molecule has 0 radical (unpaired) electrons. The van der Waals surface area contributed by atoms with Crippen LogP contribution in [0.25, 0.3) is 21.2 Å². The third kappa shape index (κ3) is 2.95. The molecule has 4 N–H and O–H groups in total. The van der Waals surface area contributed by atoms with Gasteiger partial charge in [0, 0.05) is 10.6 Å². The fraction of sp³-hybridized carbons (Fsp3) is 0.231. The number of hydrogen-bond acceptors (Lipinski definition) is 4. The number of benzene rings is 2. The minimum absolute atomic E-state index is 0.169. The van der Waals surface area contributed by atoms with Gasteiger partial charge in [-0.05, 0) is 40.1 Å². The Bertz CT molecular complexity index is 638. The topological polar surface area (TPSA) is 115 Å². The van der Waals surface area contributed by atoms with E-state index in [0.29, 0.717) is 11.3 Å². The van der Waals surface area contributed by atoms with Gasteiger partial charge in [0.25, 0.3) is 0 Å². The molecule has 2 aromatic rings. The summed E-state index contributed by atoms with van der Waals surface area (Å²) in [6, 6.07) is 10.8. The molecule has 0 aromatic heterocycles. The number of aliphatic hydroxyl groups excluding tert-OH is 2. The molecule has 2 aromatic carbocycles. The molecule has 0 aliphatic rings. The number of nitrogens with two attached hydrogens (primary N) is 1. The van der Waals surface area contributed by atoms with Crippen LogP contribution in [0.3, 0.4) is 0 Å². The molecule has 0 saturated carbocycles. The third-order valence-electron chi connectivity index (χ3n) is 2.93. The van der Waals surface area contributed by atoms with Gasteiger partial charge in [0.05, 0.1) is 12.6 Å². The van der Waals surface area contributed by atoms with E-state index in [-0.39, 0.29) is 6.54 Å². The van der Waals surface area contributed by atoms with Crippen LogP contribution in [0.15, 0.2) is 41.5 Å². The van der Waals surface area contributed by atoms with Crippen LogP contribution >= 0.6 is 0 Å². The smallest absolute Gasteiger partial charge is 0.105 e. The first kappa shape index (κ1) is 13.2. The van der Waals surface area contributed by atoms with Crippen LogP contribution in [0.1, 0.15) is 11.7 Å². The Morgan fingerprint density at radius 3 is 2.58 bits per heavy atom. The summed E-state index contributed by atoms with van der Waals surface area (Å²) in [7, 11) is 0. The minimum Gasteiger partial charge on any atom is -0.399 e. The highest BCUT2D eigenvalue weighted by molar-refractivity contribution is 5.86. The van der Waals surface area contributed by atoms with Gasteiger partial charge in [0.1, 0.15) is 6.10 Å². The normalized spacial score (nSPS) is 13.8. The van der Waals surface area contributed by atoms with E-state index in [1.54, 1.807) is 18.2 Å². The summed E-state index contributed by atoms with van der Waals surface area (Å²) >= 11 is 0. The molecule has 19 heavy (non-hydrogen) atoms. The van der Waals surface area contributed by atoms with Gasteiger partial charge < -0.3 is 15.9 Å². The molecule has 6 heteroatoms. The summed E-state index contributed by atoms with van der Waals surface area (Å²) in [5.41, 5.74) is 15.1. The Morgan fingerprint density at radius 2 is 1.84 bits per heavy atom. The molecule has 0 bridgehead atoms. The van der Waals surface area contributed by atoms with E-state index in [4.69, 9.17) is 11.3 Å². The van der Waals surface area contributed by atoms with Gasteiger partial charge >= 0.3 is 0 Å². The highest BCUT2D eigenvalue weighted by atomic mass is 16.3. The number of aliphatic hydroxyl groups is 2. The molecule has 0 heterocycles. The van der Waals surface area contributed by atoms with Gasteiger partial charge in [0.15, 0.2) is 0 Å². The van der Waals surface area contributed by atoms with Crippen molar-refractivity contribution in [3.05, 3.63) is 52.4 Å². The van der Waals surface area contributed by atoms with Crippen LogP contribution in [0.2, 0.25) is 0 Å². The number of anilines is 1. The summed E-state index contributed by atoms with van der Waals surface area (Å²) in [4.78, 5) is 2.55. The van der Waals surface area contributed by atoms with Gasteiger partial charge in [-0.1, -0.05) is 23.3 Å². The van der Waals surface area contributed by atoms with Crippen LogP contribution in [0, 0.1) is 0 Å². The monoisotopic (exact) mass is 258 g/mol. The molecule has 0 aliphatic carbocycles. The Balaban J connectivity index is 2.29. The number of nitrogens with zero attached hydrogens (tertiary/aromatic N) is 3. The Hall–Kier alpha value is -2.27. The molecule has 6 nitrogen and oxygen atoms in total. The summed E-state index contributed by atoms with van der Waals surface area (Å²) in [6.07, 6.45) is -2.21.